The summed E-state index contributed by atoms with van der Waals surface area (Å²) in [4.78, 5) is 0.308. The molecule has 0 spiro atoms. The van der Waals surface area contributed by atoms with E-state index in [1.807, 2.05) is 25.1 Å². The van der Waals surface area contributed by atoms with E-state index in [9.17, 15) is 8.42 Å². The second kappa shape index (κ2) is 7.56. The Labute approximate surface area is 159 Å². The SMILES string of the molecule is COc1cc(C)c(S(=O)(=O)N2CCOC(c3cccc(Cl)c3)C2)cc1C. The molecule has 0 N–H and O–H groups in total. The van der Waals surface area contributed by atoms with Crippen LogP contribution in [-0.4, -0.2) is 39.5 Å². The number of hydrogen-bond donors (Lipinski definition) is 0. The summed E-state index contributed by atoms with van der Waals surface area (Å²) in [6.07, 6.45) is -0.336. The summed E-state index contributed by atoms with van der Waals surface area (Å²) < 4.78 is 39.0. The van der Waals surface area contributed by atoms with Gasteiger partial charge in [-0.2, -0.15) is 4.31 Å². The Balaban J connectivity index is 1.91. The number of sulfonamides is 1. The lowest BCUT2D eigenvalue weighted by Crippen LogP contribution is -2.42. The number of benzene rings is 2. The normalized spacial score (nSPS) is 18.7. The van der Waals surface area contributed by atoms with Crippen LogP contribution >= 0.6 is 11.6 Å². The molecule has 1 aliphatic rings. The van der Waals surface area contributed by atoms with Gasteiger partial charge in [0.25, 0.3) is 0 Å². The summed E-state index contributed by atoms with van der Waals surface area (Å²) in [5.41, 5.74) is 2.33. The van der Waals surface area contributed by atoms with Crippen molar-refractivity contribution in [3.63, 3.8) is 0 Å². The summed E-state index contributed by atoms with van der Waals surface area (Å²) >= 11 is 6.05. The van der Waals surface area contributed by atoms with Crippen LogP contribution in [0.1, 0.15) is 22.8 Å². The van der Waals surface area contributed by atoms with E-state index >= 15 is 0 Å². The molecule has 0 saturated carbocycles. The fourth-order valence-corrected chi connectivity index (χ4v) is 5.07. The van der Waals surface area contributed by atoms with Gasteiger partial charge in [-0.3, -0.25) is 0 Å². The number of hydrogen-bond acceptors (Lipinski definition) is 4. The lowest BCUT2D eigenvalue weighted by atomic mass is 10.1. The zero-order valence-corrected chi connectivity index (χ0v) is 16.6. The number of nitrogens with zero attached hydrogens (tertiary/aromatic N) is 1. The maximum absolute atomic E-state index is 13.2. The predicted octanol–water partition coefficient (Wildman–Crippen LogP) is 3.73. The first-order valence-corrected chi connectivity index (χ1v) is 10.2. The van der Waals surface area contributed by atoms with Gasteiger partial charge in [0.05, 0.1) is 24.7 Å². The highest BCUT2D eigenvalue weighted by atomic mass is 35.5. The van der Waals surface area contributed by atoms with Crippen LogP contribution in [0.5, 0.6) is 5.75 Å². The summed E-state index contributed by atoms with van der Waals surface area (Å²) in [5, 5.41) is 0.604. The average Bonchev–Trinajstić information content (AvgIpc) is 2.63. The molecule has 2 aromatic rings. The van der Waals surface area contributed by atoms with E-state index in [-0.39, 0.29) is 12.6 Å². The molecule has 0 amide bonds. The molecule has 1 unspecified atom stereocenters. The largest absolute Gasteiger partial charge is 0.496 e. The maximum Gasteiger partial charge on any atom is 0.243 e. The van der Waals surface area contributed by atoms with Crippen LogP contribution in [0.3, 0.4) is 0 Å². The van der Waals surface area contributed by atoms with Crippen molar-refractivity contribution in [2.45, 2.75) is 24.8 Å². The van der Waals surface area contributed by atoms with Crippen LogP contribution in [0.15, 0.2) is 41.3 Å². The quantitative estimate of drug-likeness (QED) is 0.791. The minimum absolute atomic E-state index is 0.257. The van der Waals surface area contributed by atoms with Crippen LogP contribution in [-0.2, 0) is 14.8 Å². The van der Waals surface area contributed by atoms with E-state index in [1.54, 1.807) is 32.2 Å². The zero-order valence-electron chi connectivity index (χ0n) is 15.0. The summed E-state index contributed by atoms with van der Waals surface area (Å²) in [6, 6.07) is 10.8. The van der Waals surface area contributed by atoms with Gasteiger partial charge in [-0.15, -0.1) is 0 Å². The second-order valence-electron chi connectivity index (χ2n) is 6.36. The van der Waals surface area contributed by atoms with E-state index in [0.29, 0.717) is 34.4 Å². The molecule has 0 bridgehead atoms. The smallest absolute Gasteiger partial charge is 0.243 e. The Morgan fingerprint density at radius 1 is 1.19 bits per heavy atom. The molecule has 1 fully saturated rings. The third-order valence-electron chi connectivity index (χ3n) is 4.56. The average molecular weight is 396 g/mol. The molecule has 1 aliphatic heterocycles. The van der Waals surface area contributed by atoms with Gasteiger partial charge in [-0.25, -0.2) is 8.42 Å². The van der Waals surface area contributed by atoms with Crippen LogP contribution in [0.4, 0.5) is 0 Å². The van der Waals surface area contributed by atoms with Crippen molar-refractivity contribution in [3.8, 4) is 5.75 Å². The van der Waals surface area contributed by atoms with E-state index in [4.69, 9.17) is 21.1 Å². The highest BCUT2D eigenvalue weighted by molar-refractivity contribution is 7.89. The van der Waals surface area contributed by atoms with Gasteiger partial charge in [0.2, 0.25) is 10.0 Å². The Morgan fingerprint density at radius 3 is 2.65 bits per heavy atom. The summed E-state index contributed by atoms with van der Waals surface area (Å²) in [5.74, 6) is 0.681. The third-order valence-corrected chi connectivity index (χ3v) is 6.80. The third kappa shape index (κ3) is 3.74. The van der Waals surface area contributed by atoms with Gasteiger partial charge in [-0.05, 0) is 54.8 Å². The van der Waals surface area contributed by atoms with Gasteiger partial charge < -0.3 is 9.47 Å². The van der Waals surface area contributed by atoms with Crippen LogP contribution in [0, 0.1) is 13.8 Å². The van der Waals surface area contributed by atoms with Crippen molar-refractivity contribution in [2.24, 2.45) is 0 Å². The van der Waals surface area contributed by atoms with E-state index in [1.165, 1.54) is 4.31 Å². The van der Waals surface area contributed by atoms with Gasteiger partial charge in [0.1, 0.15) is 5.75 Å². The molecule has 0 aliphatic carbocycles. The number of rotatable bonds is 4. The van der Waals surface area contributed by atoms with Crippen molar-refractivity contribution >= 4 is 21.6 Å². The van der Waals surface area contributed by atoms with E-state index < -0.39 is 10.0 Å². The standard InChI is InChI=1S/C19H22ClNO4S/c1-13-10-19(14(2)9-17(13)24-3)26(22,23)21-7-8-25-18(12-21)15-5-4-6-16(20)11-15/h4-6,9-11,18H,7-8,12H2,1-3H3. The van der Waals surface area contributed by atoms with Crippen LogP contribution in [0.2, 0.25) is 5.02 Å². The monoisotopic (exact) mass is 395 g/mol. The molecular weight excluding hydrogens is 374 g/mol. The molecule has 3 rings (SSSR count). The van der Waals surface area contributed by atoms with E-state index in [0.717, 1.165) is 11.1 Å². The molecule has 0 radical (unpaired) electrons. The first kappa shape index (κ1) is 19.2. The van der Waals surface area contributed by atoms with Gasteiger partial charge in [0, 0.05) is 18.1 Å². The molecular formula is C19H22ClNO4S. The number of ether oxygens (including phenoxy) is 2. The zero-order chi connectivity index (χ0) is 18.9. The van der Waals surface area contributed by atoms with Crippen LogP contribution < -0.4 is 4.74 Å². The highest BCUT2D eigenvalue weighted by Crippen LogP contribution is 2.31. The van der Waals surface area contributed by atoms with Gasteiger partial charge in [0.15, 0.2) is 0 Å². The van der Waals surface area contributed by atoms with E-state index in [2.05, 4.69) is 0 Å². The second-order valence-corrected chi connectivity index (χ2v) is 8.71. The van der Waals surface area contributed by atoms with Crippen LogP contribution in [0.25, 0.3) is 0 Å². The van der Waals surface area contributed by atoms with Crippen molar-refractivity contribution < 1.29 is 17.9 Å². The molecule has 2 aromatic carbocycles. The van der Waals surface area contributed by atoms with Crippen molar-refractivity contribution in [1.29, 1.82) is 0 Å². The minimum Gasteiger partial charge on any atom is -0.496 e. The minimum atomic E-state index is -3.63. The summed E-state index contributed by atoms with van der Waals surface area (Å²) in [6.45, 7) is 4.54. The lowest BCUT2D eigenvalue weighted by Gasteiger charge is -2.33. The molecule has 1 atom stereocenters. The number of aryl methyl sites for hydroxylation is 2. The molecule has 1 heterocycles. The van der Waals surface area contributed by atoms with Crippen molar-refractivity contribution in [3.05, 3.63) is 58.1 Å². The first-order valence-electron chi connectivity index (χ1n) is 8.35. The predicted molar refractivity (Wildman–Crippen MR) is 101 cm³/mol. The highest BCUT2D eigenvalue weighted by Gasteiger charge is 2.32. The maximum atomic E-state index is 13.2. The number of halogens is 1. The molecule has 26 heavy (non-hydrogen) atoms. The topological polar surface area (TPSA) is 55.8 Å². The molecule has 7 heteroatoms. The lowest BCUT2D eigenvalue weighted by molar-refractivity contribution is -0.00256. The van der Waals surface area contributed by atoms with Gasteiger partial charge in [-0.1, -0.05) is 23.7 Å². The molecule has 140 valence electrons. The number of morpholine rings is 1. The Hall–Kier alpha value is -1.60. The molecule has 1 saturated heterocycles. The first-order chi connectivity index (χ1) is 12.3. The Kier molecular flexibility index (Phi) is 5.58. The molecule has 5 nitrogen and oxygen atoms in total. The van der Waals surface area contributed by atoms with Crippen molar-refractivity contribution in [2.75, 3.05) is 26.8 Å². The number of methoxy groups -OCH3 is 1. The van der Waals surface area contributed by atoms with Crippen molar-refractivity contribution in [1.82, 2.24) is 4.31 Å². The fourth-order valence-electron chi connectivity index (χ4n) is 3.15. The molecule has 0 aromatic heterocycles. The Bertz CT molecular complexity index is 914. The van der Waals surface area contributed by atoms with Gasteiger partial charge >= 0.3 is 0 Å². The summed E-state index contributed by atoms with van der Waals surface area (Å²) in [7, 11) is -2.05. The fraction of sp³-hybridized carbons (Fsp3) is 0.368. The Morgan fingerprint density at radius 2 is 1.96 bits per heavy atom.